The molecule has 0 saturated carbocycles. The van der Waals surface area contributed by atoms with Gasteiger partial charge >= 0.3 is 57.4 Å². The van der Waals surface area contributed by atoms with Crippen LogP contribution in [0.15, 0.2) is 24.3 Å². The van der Waals surface area contributed by atoms with Crippen LogP contribution in [0.3, 0.4) is 0 Å². The average molecular weight is 493 g/mol. The Morgan fingerprint density at radius 2 is 1.52 bits per heavy atom. The summed E-state index contributed by atoms with van der Waals surface area (Å²) in [5.74, 6) is 3.43. The van der Waals surface area contributed by atoms with Crippen LogP contribution in [0, 0.1) is 0 Å². The molecule has 0 aliphatic carbocycles. The number of ether oxygens (including phenoxy) is 2. The molecular weight excluding hydrogens is 476 g/mol. The SMILES string of the molecule is COc1cc(Cl)c(C(=O)O)cc1NN.COc1cc(Cl)c(C(=O)[O-])cc1N.Cl.[K+]. The van der Waals surface area contributed by atoms with E-state index in [1.165, 1.54) is 38.5 Å². The van der Waals surface area contributed by atoms with E-state index in [1.807, 2.05) is 0 Å². The summed E-state index contributed by atoms with van der Waals surface area (Å²) in [4.78, 5) is 21.2. The van der Waals surface area contributed by atoms with E-state index in [0.29, 0.717) is 17.2 Å². The van der Waals surface area contributed by atoms with Crippen LogP contribution in [-0.2, 0) is 0 Å². The van der Waals surface area contributed by atoms with Gasteiger partial charge in [-0.25, -0.2) is 4.79 Å². The summed E-state index contributed by atoms with van der Waals surface area (Å²) in [6.07, 6.45) is 0. The minimum absolute atomic E-state index is 0. The first-order chi connectivity index (χ1) is 12.7. The number of nitrogens with one attached hydrogen (secondary N) is 1. The van der Waals surface area contributed by atoms with Gasteiger partial charge in [-0.2, -0.15) is 0 Å². The summed E-state index contributed by atoms with van der Waals surface area (Å²) < 4.78 is 9.77. The Morgan fingerprint density at radius 3 is 1.93 bits per heavy atom. The first-order valence-electron chi connectivity index (χ1n) is 7.08. The minimum Gasteiger partial charge on any atom is -0.545 e. The van der Waals surface area contributed by atoms with Gasteiger partial charge in [0.25, 0.3) is 0 Å². The number of methoxy groups -OCH3 is 2. The molecule has 2 aromatic rings. The molecule has 29 heavy (non-hydrogen) atoms. The van der Waals surface area contributed by atoms with Crippen molar-refractivity contribution in [3.8, 4) is 11.5 Å². The maximum Gasteiger partial charge on any atom is 1.00 e. The molecule has 154 valence electrons. The molecule has 0 aromatic heterocycles. The van der Waals surface area contributed by atoms with Gasteiger partial charge in [0.15, 0.2) is 0 Å². The predicted molar refractivity (Wildman–Crippen MR) is 107 cm³/mol. The third-order valence-electron chi connectivity index (χ3n) is 3.21. The Bertz CT molecular complexity index is 870. The molecule has 6 N–H and O–H groups in total. The number of anilines is 2. The first-order valence-corrected chi connectivity index (χ1v) is 7.83. The van der Waals surface area contributed by atoms with Crippen LogP contribution in [-0.4, -0.2) is 31.3 Å². The fourth-order valence-corrected chi connectivity index (χ4v) is 2.37. The van der Waals surface area contributed by atoms with Crippen molar-refractivity contribution in [2.24, 2.45) is 5.84 Å². The first kappa shape index (κ1) is 30.2. The van der Waals surface area contributed by atoms with Gasteiger partial charge in [0, 0.05) is 17.7 Å². The monoisotopic (exact) mass is 491 g/mol. The van der Waals surface area contributed by atoms with E-state index in [1.54, 1.807) is 0 Å². The summed E-state index contributed by atoms with van der Waals surface area (Å²) in [6, 6.07) is 5.24. The number of benzene rings is 2. The van der Waals surface area contributed by atoms with Gasteiger partial charge in [-0.05, 0) is 12.1 Å². The molecule has 0 unspecified atom stereocenters. The van der Waals surface area contributed by atoms with E-state index >= 15 is 0 Å². The zero-order valence-electron chi connectivity index (χ0n) is 15.6. The normalized spacial score (nSPS) is 9.00. The van der Waals surface area contributed by atoms with Gasteiger partial charge in [0.1, 0.15) is 11.5 Å². The van der Waals surface area contributed by atoms with Crippen LogP contribution in [0.25, 0.3) is 0 Å². The number of carbonyl (C=O) groups is 2. The van der Waals surface area contributed by atoms with E-state index in [9.17, 15) is 14.7 Å². The number of hydrogen-bond donors (Lipinski definition) is 4. The molecular formula is C16H17Cl3KN3O6. The van der Waals surface area contributed by atoms with Gasteiger partial charge in [-0.1, -0.05) is 23.2 Å². The number of carbonyl (C=O) groups excluding carboxylic acids is 1. The van der Waals surface area contributed by atoms with Gasteiger partial charge in [0.05, 0.1) is 47.2 Å². The van der Waals surface area contributed by atoms with Crippen molar-refractivity contribution in [3.05, 3.63) is 45.4 Å². The summed E-state index contributed by atoms with van der Waals surface area (Å²) in [6.45, 7) is 0. The number of halogens is 3. The van der Waals surface area contributed by atoms with Crippen molar-refractivity contribution in [1.82, 2.24) is 0 Å². The van der Waals surface area contributed by atoms with E-state index in [-0.39, 0.29) is 90.7 Å². The predicted octanol–water partition coefficient (Wildman–Crippen LogP) is -0.947. The minimum atomic E-state index is -1.36. The molecule has 0 atom stereocenters. The van der Waals surface area contributed by atoms with Gasteiger partial charge < -0.3 is 35.6 Å². The van der Waals surface area contributed by atoms with Crippen LogP contribution in [0.2, 0.25) is 10.0 Å². The Morgan fingerprint density at radius 1 is 1.03 bits per heavy atom. The molecule has 13 heteroatoms. The number of carboxylic acid groups (broad SMARTS) is 2. The Hall–Kier alpha value is -0.954. The van der Waals surface area contributed by atoms with Gasteiger partial charge in [0.2, 0.25) is 0 Å². The van der Waals surface area contributed by atoms with Crippen molar-refractivity contribution in [2.75, 3.05) is 25.4 Å². The fourth-order valence-electron chi connectivity index (χ4n) is 1.91. The largest absolute Gasteiger partial charge is 1.00 e. The summed E-state index contributed by atoms with van der Waals surface area (Å²) in [5, 5.41) is 19.4. The zero-order valence-corrected chi connectivity index (χ0v) is 21.1. The Balaban J connectivity index is 0. The molecule has 0 fully saturated rings. The molecule has 0 saturated heterocycles. The van der Waals surface area contributed by atoms with Crippen molar-refractivity contribution in [1.29, 1.82) is 0 Å². The number of carboxylic acids is 2. The molecule has 0 heterocycles. The smallest absolute Gasteiger partial charge is 0.545 e. The van der Waals surface area contributed by atoms with Crippen molar-refractivity contribution in [3.63, 3.8) is 0 Å². The molecule has 9 nitrogen and oxygen atoms in total. The number of nitrogen functional groups attached to an aromatic ring is 2. The number of aromatic carboxylic acids is 2. The molecule has 2 aromatic carbocycles. The Labute approximate surface area is 225 Å². The molecule has 0 aliphatic rings. The average Bonchev–Trinajstić information content (AvgIpc) is 2.62. The van der Waals surface area contributed by atoms with Crippen LogP contribution in [0.1, 0.15) is 20.7 Å². The van der Waals surface area contributed by atoms with E-state index in [2.05, 4.69) is 5.43 Å². The van der Waals surface area contributed by atoms with Crippen LogP contribution < -0.4 is 83.0 Å². The maximum atomic E-state index is 10.7. The quantitative estimate of drug-likeness (QED) is 0.179. The van der Waals surface area contributed by atoms with Crippen LogP contribution in [0.5, 0.6) is 11.5 Å². The number of rotatable bonds is 5. The van der Waals surface area contributed by atoms with Crippen LogP contribution >= 0.6 is 35.6 Å². The molecule has 0 aliphatic heterocycles. The van der Waals surface area contributed by atoms with E-state index in [4.69, 9.17) is 49.4 Å². The third kappa shape index (κ3) is 8.36. The van der Waals surface area contributed by atoms with Crippen LogP contribution in [0.4, 0.5) is 11.4 Å². The summed E-state index contributed by atoms with van der Waals surface area (Å²) in [5.41, 5.74) is 8.20. The molecule has 0 amide bonds. The van der Waals surface area contributed by atoms with Crippen molar-refractivity contribution >= 4 is 58.9 Å². The Kier molecular flexibility index (Phi) is 14.7. The molecule has 0 spiro atoms. The number of hydrogen-bond acceptors (Lipinski definition) is 8. The second kappa shape index (κ2) is 14.1. The third-order valence-corrected chi connectivity index (χ3v) is 3.84. The maximum absolute atomic E-state index is 10.7. The topological polar surface area (TPSA) is 160 Å². The van der Waals surface area contributed by atoms with Gasteiger partial charge in [-0.3, -0.25) is 5.84 Å². The fraction of sp³-hybridized carbons (Fsp3) is 0.125. The van der Waals surface area contributed by atoms with Crippen molar-refractivity contribution < 1.29 is 80.7 Å². The van der Waals surface area contributed by atoms with Crippen molar-refractivity contribution in [2.45, 2.75) is 0 Å². The molecule has 2 rings (SSSR count). The molecule has 0 radical (unpaired) electrons. The number of nitrogens with two attached hydrogens (primary N) is 2. The standard InChI is InChI=1S/C8H9ClN2O3.C8H8ClNO3.ClH.K/c1-14-7-3-5(9)4(8(12)13)2-6(7)11-10;1-13-7-3-5(9)4(8(11)12)2-6(7)10;;/h2-3,11H,10H2,1H3,(H,12,13);2-3H,10H2,1H3,(H,11,12);1H;/q;;;+1/p-1. The second-order valence-electron chi connectivity index (χ2n) is 4.84. The summed E-state index contributed by atoms with van der Waals surface area (Å²) in [7, 11) is 2.85. The molecule has 0 bridgehead atoms. The van der Waals surface area contributed by atoms with Gasteiger partial charge in [-0.15, -0.1) is 12.4 Å². The number of hydrazine groups is 1. The van der Waals surface area contributed by atoms with E-state index < -0.39 is 11.9 Å². The summed E-state index contributed by atoms with van der Waals surface area (Å²) >= 11 is 11.3. The zero-order chi connectivity index (χ0) is 20.7. The van der Waals surface area contributed by atoms with E-state index in [0.717, 1.165) is 0 Å². The second-order valence-corrected chi connectivity index (χ2v) is 5.66.